The first-order chi connectivity index (χ1) is 3.39. The molecule has 0 aromatic carbocycles. The summed E-state index contributed by atoms with van der Waals surface area (Å²) in [6.07, 6.45) is 6.07. The van der Waals surface area contributed by atoms with Crippen LogP contribution in [0.2, 0.25) is 0 Å². The van der Waals surface area contributed by atoms with Crippen molar-refractivity contribution in [3.63, 3.8) is 0 Å². The summed E-state index contributed by atoms with van der Waals surface area (Å²) in [6, 6.07) is 0. The zero-order chi connectivity index (χ0) is 5.11. The fraction of sp³-hybridized carbons (Fsp3) is 0.200. The van der Waals surface area contributed by atoms with Crippen molar-refractivity contribution in [3.8, 4) is 0 Å². The Labute approximate surface area is 53.1 Å². The third kappa shape index (κ3) is 1.61. The first-order valence-corrected chi connectivity index (χ1v) is 3.52. The third-order valence-electron chi connectivity index (χ3n) is 0.683. The van der Waals surface area contributed by atoms with Gasteiger partial charge in [-0.15, -0.1) is 11.8 Å². The SMILES string of the molecule is SC1C=CC=CS1. The van der Waals surface area contributed by atoms with E-state index in [0.29, 0.717) is 4.58 Å². The molecule has 0 nitrogen and oxygen atoms in total. The number of thiol groups is 1. The molecule has 0 N–H and O–H groups in total. The van der Waals surface area contributed by atoms with Crippen molar-refractivity contribution in [3.05, 3.63) is 23.6 Å². The molecule has 1 rings (SSSR count). The summed E-state index contributed by atoms with van der Waals surface area (Å²) >= 11 is 5.90. The molecule has 0 fully saturated rings. The number of allylic oxidation sites excluding steroid dienone is 2. The average Bonchev–Trinajstić information content (AvgIpc) is 1.69. The zero-order valence-electron chi connectivity index (χ0n) is 3.74. The van der Waals surface area contributed by atoms with Gasteiger partial charge in [0.2, 0.25) is 0 Å². The standard InChI is InChI=1S/C5H6S2/c6-5-3-1-2-4-7-5/h1-6H. The van der Waals surface area contributed by atoms with Gasteiger partial charge in [-0.3, -0.25) is 0 Å². The van der Waals surface area contributed by atoms with Crippen LogP contribution in [0.4, 0.5) is 0 Å². The van der Waals surface area contributed by atoms with E-state index >= 15 is 0 Å². The Hall–Kier alpha value is 0.180. The van der Waals surface area contributed by atoms with E-state index in [1.165, 1.54) is 0 Å². The quantitative estimate of drug-likeness (QED) is 0.490. The topological polar surface area (TPSA) is 0 Å². The molecule has 0 saturated heterocycles. The molecule has 1 atom stereocenters. The number of hydrogen-bond donors (Lipinski definition) is 1. The molecule has 0 aromatic rings. The lowest BCUT2D eigenvalue weighted by Gasteiger charge is -2.01. The summed E-state index contributed by atoms with van der Waals surface area (Å²) < 4.78 is 0.380. The highest BCUT2D eigenvalue weighted by atomic mass is 32.2. The van der Waals surface area contributed by atoms with Gasteiger partial charge in [0.1, 0.15) is 0 Å². The summed E-state index contributed by atoms with van der Waals surface area (Å²) in [4.78, 5) is 0. The molecular weight excluding hydrogens is 124 g/mol. The van der Waals surface area contributed by atoms with Crippen molar-refractivity contribution >= 4 is 24.4 Å². The highest BCUT2D eigenvalue weighted by molar-refractivity contribution is 8.12. The van der Waals surface area contributed by atoms with Crippen molar-refractivity contribution in [1.29, 1.82) is 0 Å². The molecule has 0 aromatic heterocycles. The molecule has 1 aliphatic heterocycles. The molecule has 0 aliphatic carbocycles. The second-order valence-corrected chi connectivity index (χ2v) is 3.20. The van der Waals surface area contributed by atoms with Gasteiger partial charge in [-0.25, -0.2) is 0 Å². The highest BCUT2D eigenvalue weighted by Gasteiger charge is 1.94. The largest absolute Gasteiger partial charge is 0.160 e. The number of hydrogen-bond acceptors (Lipinski definition) is 2. The van der Waals surface area contributed by atoms with Crippen LogP contribution >= 0.6 is 24.4 Å². The Morgan fingerprint density at radius 1 is 1.43 bits per heavy atom. The summed E-state index contributed by atoms with van der Waals surface area (Å²) in [6.45, 7) is 0. The highest BCUT2D eigenvalue weighted by Crippen LogP contribution is 2.20. The van der Waals surface area contributed by atoms with Gasteiger partial charge < -0.3 is 0 Å². The van der Waals surface area contributed by atoms with Crippen LogP contribution in [0.1, 0.15) is 0 Å². The number of rotatable bonds is 0. The molecular formula is C5H6S2. The van der Waals surface area contributed by atoms with E-state index in [9.17, 15) is 0 Å². The van der Waals surface area contributed by atoms with Crippen LogP contribution in [-0.2, 0) is 0 Å². The second-order valence-electron chi connectivity index (χ2n) is 1.24. The fourth-order valence-electron chi connectivity index (χ4n) is 0.376. The zero-order valence-corrected chi connectivity index (χ0v) is 5.45. The maximum atomic E-state index is 4.19. The van der Waals surface area contributed by atoms with E-state index in [0.717, 1.165) is 0 Å². The van der Waals surface area contributed by atoms with Crippen LogP contribution in [0.25, 0.3) is 0 Å². The van der Waals surface area contributed by atoms with Gasteiger partial charge in [-0.05, 0) is 5.41 Å². The van der Waals surface area contributed by atoms with E-state index in [4.69, 9.17) is 0 Å². The molecule has 0 amide bonds. The van der Waals surface area contributed by atoms with Crippen LogP contribution in [0, 0.1) is 0 Å². The van der Waals surface area contributed by atoms with Gasteiger partial charge in [0.15, 0.2) is 0 Å². The monoisotopic (exact) mass is 130 g/mol. The summed E-state index contributed by atoms with van der Waals surface area (Å²) in [5.41, 5.74) is 0. The lowest BCUT2D eigenvalue weighted by Crippen LogP contribution is -1.83. The molecule has 1 unspecified atom stereocenters. The first kappa shape index (κ1) is 5.32. The van der Waals surface area contributed by atoms with Gasteiger partial charge in [0.05, 0.1) is 4.58 Å². The van der Waals surface area contributed by atoms with Crippen molar-refractivity contribution in [2.45, 2.75) is 4.58 Å². The molecule has 1 aliphatic rings. The normalized spacial score (nSPS) is 28.4. The minimum absolute atomic E-state index is 0.380. The summed E-state index contributed by atoms with van der Waals surface area (Å²) in [5, 5.41) is 2.04. The van der Waals surface area contributed by atoms with Crippen LogP contribution in [0.3, 0.4) is 0 Å². The van der Waals surface area contributed by atoms with Gasteiger partial charge in [0, 0.05) is 0 Å². The summed E-state index contributed by atoms with van der Waals surface area (Å²) in [5.74, 6) is 0. The molecule has 38 valence electrons. The van der Waals surface area contributed by atoms with Crippen LogP contribution in [-0.4, -0.2) is 4.58 Å². The van der Waals surface area contributed by atoms with E-state index in [2.05, 4.69) is 12.6 Å². The fourth-order valence-corrected chi connectivity index (χ4v) is 1.21. The molecule has 0 spiro atoms. The number of thioether (sulfide) groups is 1. The Morgan fingerprint density at radius 2 is 2.29 bits per heavy atom. The molecule has 1 heterocycles. The maximum absolute atomic E-state index is 4.19. The summed E-state index contributed by atoms with van der Waals surface area (Å²) in [7, 11) is 0. The van der Waals surface area contributed by atoms with E-state index < -0.39 is 0 Å². The van der Waals surface area contributed by atoms with E-state index in [1.54, 1.807) is 11.8 Å². The van der Waals surface area contributed by atoms with Crippen LogP contribution in [0.5, 0.6) is 0 Å². The Kier molecular flexibility index (Phi) is 1.88. The van der Waals surface area contributed by atoms with Crippen molar-refractivity contribution in [1.82, 2.24) is 0 Å². The minimum Gasteiger partial charge on any atom is -0.160 e. The maximum Gasteiger partial charge on any atom is 0.0696 e. The van der Waals surface area contributed by atoms with Crippen molar-refractivity contribution < 1.29 is 0 Å². The van der Waals surface area contributed by atoms with Crippen molar-refractivity contribution in [2.24, 2.45) is 0 Å². The predicted octanol–water partition coefficient (Wildman–Crippen LogP) is 2.06. The van der Waals surface area contributed by atoms with Gasteiger partial charge >= 0.3 is 0 Å². The first-order valence-electron chi connectivity index (χ1n) is 2.06. The van der Waals surface area contributed by atoms with E-state index in [-0.39, 0.29) is 0 Å². The molecule has 0 saturated carbocycles. The van der Waals surface area contributed by atoms with Crippen LogP contribution < -0.4 is 0 Å². The predicted molar refractivity (Wildman–Crippen MR) is 38.6 cm³/mol. The van der Waals surface area contributed by atoms with Crippen molar-refractivity contribution in [2.75, 3.05) is 0 Å². The molecule has 0 bridgehead atoms. The second kappa shape index (κ2) is 2.48. The third-order valence-corrected chi connectivity index (χ3v) is 1.97. The van der Waals surface area contributed by atoms with Crippen LogP contribution in [0.15, 0.2) is 23.6 Å². The van der Waals surface area contributed by atoms with Gasteiger partial charge in [0.25, 0.3) is 0 Å². The van der Waals surface area contributed by atoms with E-state index in [1.807, 2.05) is 23.6 Å². The minimum atomic E-state index is 0.380. The Bertz CT molecular complexity index is 105. The molecule has 7 heavy (non-hydrogen) atoms. The lowest BCUT2D eigenvalue weighted by atomic mass is 10.5. The Balaban J connectivity index is 2.49. The molecule has 2 heteroatoms. The van der Waals surface area contributed by atoms with Gasteiger partial charge in [-0.1, -0.05) is 18.2 Å². The van der Waals surface area contributed by atoms with Gasteiger partial charge in [-0.2, -0.15) is 12.6 Å². The molecule has 0 radical (unpaired) electrons. The average molecular weight is 130 g/mol. The lowest BCUT2D eigenvalue weighted by molar-refractivity contribution is 1.65. The smallest absolute Gasteiger partial charge is 0.0696 e. The Morgan fingerprint density at radius 3 is 2.57 bits per heavy atom.